The highest BCUT2D eigenvalue weighted by atomic mass is 32.1. The van der Waals surface area contributed by atoms with Crippen molar-refractivity contribution in [2.24, 2.45) is 0 Å². The van der Waals surface area contributed by atoms with Crippen LogP contribution >= 0.6 is 11.3 Å². The molecule has 1 atom stereocenters. The lowest BCUT2D eigenvalue weighted by molar-refractivity contribution is 0.0520. The molecule has 3 aromatic heterocycles. The maximum Gasteiger partial charge on any atom is 0.251 e. The smallest absolute Gasteiger partial charge is 0.251 e. The molecule has 0 saturated heterocycles. The number of amides is 1. The van der Waals surface area contributed by atoms with Gasteiger partial charge in [0.15, 0.2) is 5.60 Å². The summed E-state index contributed by atoms with van der Waals surface area (Å²) in [6.07, 6.45) is 4.36. The van der Waals surface area contributed by atoms with Crippen LogP contribution in [0.15, 0.2) is 69.5 Å². The average molecular weight is 354 g/mol. The number of hydrogen-bond donors (Lipinski definition) is 2. The lowest BCUT2D eigenvalue weighted by atomic mass is 9.93. The Kier molecular flexibility index (Phi) is 3.87. The molecular formula is C18H14N2O4S. The first kappa shape index (κ1) is 15.6. The zero-order valence-electron chi connectivity index (χ0n) is 13.0. The van der Waals surface area contributed by atoms with Crippen LogP contribution in [0.2, 0.25) is 0 Å². The summed E-state index contributed by atoms with van der Waals surface area (Å²) in [4.78, 5) is 16.7. The van der Waals surface area contributed by atoms with Gasteiger partial charge in [0.2, 0.25) is 0 Å². The van der Waals surface area contributed by atoms with Crippen molar-refractivity contribution < 1.29 is 18.7 Å². The summed E-state index contributed by atoms with van der Waals surface area (Å²) >= 11 is 1.47. The summed E-state index contributed by atoms with van der Waals surface area (Å²) < 4.78 is 11.4. The molecule has 1 amide bonds. The molecule has 25 heavy (non-hydrogen) atoms. The number of hydrogen-bond acceptors (Lipinski definition) is 6. The zero-order valence-corrected chi connectivity index (χ0v) is 13.8. The van der Waals surface area contributed by atoms with Crippen LogP contribution in [-0.4, -0.2) is 22.5 Å². The van der Waals surface area contributed by atoms with Crippen molar-refractivity contribution in [1.29, 1.82) is 0 Å². The minimum absolute atomic E-state index is 0.0559. The number of aliphatic hydroxyl groups is 1. The standard InChI is InChI=1S/C18H14N2O4S/c21-17(12-3-4-14-15(8-12)25-11-20-14)19-10-18(22,13-5-7-23-9-13)16-2-1-6-24-16/h1-9,11,22H,10H2,(H,19,21)/t18-/m1/s1. The number of nitrogens with one attached hydrogen (secondary N) is 1. The third-order valence-corrected chi connectivity index (χ3v) is 4.82. The summed E-state index contributed by atoms with van der Waals surface area (Å²) in [6, 6.07) is 10.3. The van der Waals surface area contributed by atoms with Crippen LogP contribution in [-0.2, 0) is 5.60 Å². The van der Waals surface area contributed by atoms with Crippen molar-refractivity contribution in [3.8, 4) is 0 Å². The Balaban J connectivity index is 1.58. The van der Waals surface area contributed by atoms with E-state index in [0.29, 0.717) is 16.9 Å². The van der Waals surface area contributed by atoms with Gasteiger partial charge in [-0.2, -0.15) is 0 Å². The van der Waals surface area contributed by atoms with E-state index in [0.717, 1.165) is 10.2 Å². The summed E-state index contributed by atoms with van der Waals surface area (Å²) in [5.41, 5.74) is 2.08. The van der Waals surface area contributed by atoms with Crippen LogP contribution < -0.4 is 5.32 Å². The largest absolute Gasteiger partial charge is 0.472 e. The van der Waals surface area contributed by atoms with Crippen LogP contribution in [0.25, 0.3) is 10.2 Å². The Morgan fingerprint density at radius 1 is 1.28 bits per heavy atom. The molecule has 0 unspecified atom stereocenters. The van der Waals surface area contributed by atoms with Gasteiger partial charge >= 0.3 is 0 Å². The first-order valence-electron chi connectivity index (χ1n) is 7.57. The van der Waals surface area contributed by atoms with Crippen molar-refractivity contribution in [2.75, 3.05) is 6.54 Å². The molecular weight excluding hydrogens is 340 g/mol. The number of aromatic nitrogens is 1. The third-order valence-electron chi connectivity index (χ3n) is 4.03. The van der Waals surface area contributed by atoms with Gasteiger partial charge in [0, 0.05) is 11.1 Å². The lowest BCUT2D eigenvalue weighted by Gasteiger charge is -2.25. The van der Waals surface area contributed by atoms with E-state index < -0.39 is 5.60 Å². The fraction of sp³-hybridized carbons (Fsp3) is 0.111. The molecule has 7 heteroatoms. The quantitative estimate of drug-likeness (QED) is 0.575. The number of furan rings is 2. The Morgan fingerprint density at radius 2 is 2.20 bits per heavy atom. The van der Waals surface area contributed by atoms with Crippen LogP contribution in [0.5, 0.6) is 0 Å². The Labute approximate surface area is 146 Å². The molecule has 0 spiro atoms. The minimum Gasteiger partial charge on any atom is -0.472 e. The molecule has 0 aliphatic carbocycles. The van der Waals surface area contributed by atoms with Crippen LogP contribution in [0.3, 0.4) is 0 Å². The van der Waals surface area contributed by atoms with E-state index in [2.05, 4.69) is 10.3 Å². The normalized spacial score (nSPS) is 13.6. The number of carbonyl (C=O) groups excluding carboxylic acids is 1. The number of benzene rings is 1. The fourth-order valence-corrected chi connectivity index (χ4v) is 3.37. The van der Waals surface area contributed by atoms with E-state index in [9.17, 15) is 9.90 Å². The number of thiazole rings is 1. The van der Waals surface area contributed by atoms with Crippen LogP contribution in [0.1, 0.15) is 21.7 Å². The van der Waals surface area contributed by atoms with Crippen molar-refractivity contribution in [2.45, 2.75) is 5.60 Å². The Hall–Kier alpha value is -2.90. The van der Waals surface area contributed by atoms with Crippen molar-refractivity contribution in [3.63, 3.8) is 0 Å². The molecule has 0 saturated carbocycles. The van der Waals surface area contributed by atoms with E-state index in [1.807, 2.05) is 0 Å². The van der Waals surface area contributed by atoms with Gasteiger partial charge in [-0.05, 0) is 36.4 Å². The van der Waals surface area contributed by atoms with Crippen molar-refractivity contribution in [1.82, 2.24) is 10.3 Å². The zero-order chi connectivity index (χ0) is 17.3. The number of rotatable bonds is 5. The van der Waals surface area contributed by atoms with Gasteiger partial charge in [-0.15, -0.1) is 11.3 Å². The lowest BCUT2D eigenvalue weighted by Crippen LogP contribution is -2.41. The first-order chi connectivity index (χ1) is 12.2. The highest BCUT2D eigenvalue weighted by molar-refractivity contribution is 7.16. The van der Waals surface area contributed by atoms with Gasteiger partial charge in [-0.25, -0.2) is 4.98 Å². The molecule has 0 radical (unpaired) electrons. The maximum atomic E-state index is 12.5. The van der Waals surface area contributed by atoms with Gasteiger partial charge in [-0.1, -0.05) is 0 Å². The van der Waals surface area contributed by atoms with Gasteiger partial charge < -0.3 is 19.3 Å². The molecule has 6 nitrogen and oxygen atoms in total. The molecule has 126 valence electrons. The number of fused-ring (bicyclic) bond motifs is 1. The molecule has 4 rings (SSSR count). The predicted octanol–water partition coefficient (Wildman–Crippen LogP) is 3.15. The third kappa shape index (κ3) is 2.84. The van der Waals surface area contributed by atoms with Gasteiger partial charge in [0.1, 0.15) is 5.76 Å². The second-order valence-corrected chi connectivity index (χ2v) is 6.45. The van der Waals surface area contributed by atoms with E-state index in [1.165, 1.54) is 30.1 Å². The molecule has 0 aliphatic heterocycles. The summed E-state index contributed by atoms with van der Waals surface area (Å²) in [7, 11) is 0. The van der Waals surface area contributed by atoms with E-state index >= 15 is 0 Å². The molecule has 2 N–H and O–H groups in total. The van der Waals surface area contributed by atoms with Crippen molar-refractivity contribution >= 4 is 27.5 Å². The highest BCUT2D eigenvalue weighted by Crippen LogP contribution is 2.30. The molecule has 4 aromatic rings. The molecule has 0 aliphatic rings. The number of nitrogens with zero attached hydrogens (tertiary/aromatic N) is 1. The van der Waals surface area contributed by atoms with Crippen LogP contribution in [0.4, 0.5) is 0 Å². The molecule has 3 heterocycles. The van der Waals surface area contributed by atoms with Crippen molar-refractivity contribution in [3.05, 3.63) is 77.6 Å². The van der Waals surface area contributed by atoms with Gasteiger partial charge in [0.05, 0.1) is 41.1 Å². The predicted molar refractivity (Wildman–Crippen MR) is 92.4 cm³/mol. The fourth-order valence-electron chi connectivity index (χ4n) is 2.65. The van der Waals surface area contributed by atoms with Gasteiger partial charge in [-0.3, -0.25) is 4.79 Å². The number of carbonyl (C=O) groups is 1. The SMILES string of the molecule is O=C(NC[C@@](O)(c1ccoc1)c1ccco1)c1ccc2ncsc2c1. The highest BCUT2D eigenvalue weighted by Gasteiger charge is 2.36. The van der Waals surface area contributed by atoms with E-state index in [1.54, 1.807) is 41.9 Å². The first-order valence-corrected chi connectivity index (χ1v) is 8.45. The topological polar surface area (TPSA) is 88.5 Å². The van der Waals surface area contributed by atoms with Gasteiger partial charge in [0.25, 0.3) is 5.91 Å². The summed E-state index contributed by atoms with van der Waals surface area (Å²) in [5, 5.41) is 13.9. The Bertz CT molecular complexity index is 955. The minimum atomic E-state index is -1.51. The average Bonchev–Trinajstić information content (AvgIpc) is 3.40. The second kappa shape index (κ2) is 6.19. The molecule has 1 aromatic carbocycles. The van der Waals surface area contributed by atoms with E-state index in [4.69, 9.17) is 8.83 Å². The summed E-state index contributed by atoms with van der Waals surface area (Å²) in [6.45, 7) is -0.0559. The maximum absolute atomic E-state index is 12.5. The monoisotopic (exact) mass is 354 g/mol. The molecule has 0 bridgehead atoms. The Morgan fingerprint density at radius 3 is 2.96 bits per heavy atom. The van der Waals surface area contributed by atoms with E-state index in [-0.39, 0.29) is 12.5 Å². The van der Waals surface area contributed by atoms with Crippen LogP contribution in [0, 0.1) is 0 Å². The molecule has 0 fully saturated rings. The second-order valence-electron chi connectivity index (χ2n) is 5.57. The summed E-state index contributed by atoms with van der Waals surface area (Å²) in [5.74, 6) is 0.0379.